The summed E-state index contributed by atoms with van der Waals surface area (Å²) in [4.78, 5) is 11.2. The normalized spacial score (nSPS) is 11.4. The number of carbonyl (C=O) groups is 1. The fourth-order valence-electron chi connectivity index (χ4n) is 3.41. The Balaban J connectivity index is 2.18. The molecule has 1 heterocycles. The van der Waals surface area contributed by atoms with Gasteiger partial charge in [0.15, 0.2) is 0 Å². The van der Waals surface area contributed by atoms with Gasteiger partial charge in [-0.05, 0) is 67.4 Å². The van der Waals surface area contributed by atoms with Gasteiger partial charge in [-0.3, -0.25) is 9.52 Å². The number of nitrogens with one attached hydrogen (secondary N) is 1. The van der Waals surface area contributed by atoms with Crippen LogP contribution in [0.4, 0.5) is 5.69 Å². The van der Waals surface area contributed by atoms with Crippen LogP contribution in [0.2, 0.25) is 5.02 Å². The minimum atomic E-state index is -3.90. The van der Waals surface area contributed by atoms with E-state index >= 15 is 0 Å². The molecule has 1 aromatic heterocycles. The van der Waals surface area contributed by atoms with E-state index in [-0.39, 0.29) is 6.42 Å². The summed E-state index contributed by atoms with van der Waals surface area (Å²) in [5.41, 5.74) is 4.19. The maximum atomic E-state index is 11.3. The van der Waals surface area contributed by atoms with Crippen molar-refractivity contribution >= 4 is 33.5 Å². The number of nitrogens with zero attached hydrogens (tertiary/aromatic N) is 1. The Kier molecular flexibility index (Phi) is 6.59. The van der Waals surface area contributed by atoms with Crippen LogP contribution in [-0.2, 0) is 21.4 Å². The van der Waals surface area contributed by atoms with E-state index in [1.54, 1.807) is 37.4 Å². The zero-order valence-electron chi connectivity index (χ0n) is 16.9. The van der Waals surface area contributed by atoms with Crippen LogP contribution in [0.3, 0.4) is 0 Å². The first-order valence-electron chi connectivity index (χ1n) is 9.27. The van der Waals surface area contributed by atoms with Gasteiger partial charge in [-0.2, -0.15) is 8.42 Å². The fourth-order valence-corrected chi connectivity index (χ4v) is 4.03. The predicted octanol–water partition coefficient (Wildman–Crippen LogP) is 3.75. The maximum Gasteiger partial charge on any atom is 0.303 e. The summed E-state index contributed by atoms with van der Waals surface area (Å²) in [6, 6.07) is 14.0. The number of carboxylic acid groups (broad SMARTS) is 1. The van der Waals surface area contributed by atoms with E-state index in [4.69, 9.17) is 26.6 Å². The highest BCUT2D eigenvalue weighted by Gasteiger charge is 2.18. The SMILES string of the molecule is COc1cc(Cl)ccc1-c1ccc(CCC(=O)O)n1-c1ccc(NS(N)(=O)=O)cc1C. The maximum absolute atomic E-state index is 11.3. The summed E-state index contributed by atoms with van der Waals surface area (Å²) >= 11 is 6.11. The number of halogens is 1. The molecule has 0 radical (unpaired) electrons. The van der Waals surface area contributed by atoms with Crippen LogP contribution in [0.25, 0.3) is 16.9 Å². The largest absolute Gasteiger partial charge is 0.496 e. The van der Waals surface area contributed by atoms with Crippen molar-refractivity contribution in [3.8, 4) is 22.7 Å². The van der Waals surface area contributed by atoms with Crippen molar-refractivity contribution in [2.45, 2.75) is 19.8 Å². The van der Waals surface area contributed by atoms with Crippen LogP contribution in [0, 0.1) is 6.92 Å². The first kappa shape index (κ1) is 22.7. The summed E-state index contributed by atoms with van der Waals surface area (Å²) in [6.45, 7) is 1.83. The van der Waals surface area contributed by atoms with E-state index in [1.165, 1.54) is 0 Å². The number of anilines is 1. The lowest BCUT2D eigenvalue weighted by atomic mass is 10.1. The van der Waals surface area contributed by atoms with E-state index in [0.717, 1.165) is 28.2 Å². The fraction of sp³-hybridized carbons (Fsp3) is 0.190. The monoisotopic (exact) mass is 463 g/mol. The molecule has 164 valence electrons. The standard InChI is InChI=1S/C21H22ClN3O5S/c1-13-11-15(24-31(23,28)29)4-8-18(13)25-16(6-10-21(26)27)5-9-19(25)17-7-3-14(22)12-20(17)30-2/h3-5,7-9,11-12,24H,6,10H2,1-2H3,(H,26,27)(H2,23,28,29). The third-order valence-electron chi connectivity index (χ3n) is 4.69. The second kappa shape index (κ2) is 9.01. The molecule has 0 bridgehead atoms. The molecule has 0 amide bonds. The molecule has 3 rings (SSSR count). The van der Waals surface area contributed by atoms with Crippen molar-refractivity contribution in [1.29, 1.82) is 0 Å². The Morgan fingerprint density at radius 2 is 1.94 bits per heavy atom. The molecule has 0 atom stereocenters. The van der Waals surface area contributed by atoms with Crippen LogP contribution in [0.5, 0.6) is 5.75 Å². The van der Waals surface area contributed by atoms with Crippen molar-refractivity contribution in [2.75, 3.05) is 11.8 Å². The first-order chi connectivity index (χ1) is 14.6. The van der Waals surface area contributed by atoms with Crippen molar-refractivity contribution in [3.63, 3.8) is 0 Å². The van der Waals surface area contributed by atoms with Gasteiger partial charge in [0.25, 0.3) is 10.2 Å². The number of aromatic nitrogens is 1. The van der Waals surface area contributed by atoms with Crippen LogP contribution < -0.4 is 14.6 Å². The lowest BCUT2D eigenvalue weighted by molar-refractivity contribution is -0.136. The lowest BCUT2D eigenvalue weighted by Crippen LogP contribution is -2.21. The minimum Gasteiger partial charge on any atom is -0.496 e. The number of hydrogen-bond acceptors (Lipinski definition) is 4. The van der Waals surface area contributed by atoms with E-state index in [2.05, 4.69) is 4.72 Å². The average molecular weight is 464 g/mol. The van der Waals surface area contributed by atoms with Gasteiger partial charge in [0, 0.05) is 22.0 Å². The molecule has 0 spiro atoms. The smallest absolute Gasteiger partial charge is 0.303 e. The minimum absolute atomic E-state index is 0.0364. The molecule has 0 aliphatic heterocycles. The third kappa shape index (κ3) is 5.38. The molecule has 0 aliphatic carbocycles. The van der Waals surface area contributed by atoms with Crippen molar-refractivity contribution < 1.29 is 23.1 Å². The predicted molar refractivity (Wildman–Crippen MR) is 120 cm³/mol. The highest BCUT2D eigenvalue weighted by molar-refractivity contribution is 7.90. The van der Waals surface area contributed by atoms with Crippen molar-refractivity contribution in [3.05, 3.63) is 64.8 Å². The van der Waals surface area contributed by atoms with E-state index in [0.29, 0.717) is 22.9 Å². The quantitative estimate of drug-likeness (QED) is 0.469. The molecular weight excluding hydrogens is 442 g/mol. The summed E-state index contributed by atoms with van der Waals surface area (Å²) in [6.07, 6.45) is 0.271. The Morgan fingerprint density at radius 1 is 1.19 bits per heavy atom. The Morgan fingerprint density at radius 3 is 2.55 bits per heavy atom. The number of aryl methyl sites for hydroxylation is 2. The van der Waals surface area contributed by atoms with Gasteiger partial charge in [-0.25, -0.2) is 5.14 Å². The molecular formula is C21H22ClN3O5S. The molecule has 0 fully saturated rings. The zero-order chi connectivity index (χ0) is 22.8. The number of methoxy groups -OCH3 is 1. The van der Waals surface area contributed by atoms with Gasteiger partial charge >= 0.3 is 5.97 Å². The molecule has 0 unspecified atom stereocenters. The van der Waals surface area contributed by atoms with Crippen LogP contribution in [-0.4, -0.2) is 31.2 Å². The Labute approximate surface area is 185 Å². The number of hydrogen-bond donors (Lipinski definition) is 3. The highest BCUT2D eigenvalue weighted by Crippen LogP contribution is 2.36. The number of rotatable bonds is 8. The van der Waals surface area contributed by atoms with Crippen LogP contribution in [0.15, 0.2) is 48.5 Å². The van der Waals surface area contributed by atoms with Crippen LogP contribution in [0.1, 0.15) is 17.7 Å². The van der Waals surface area contributed by atoms with Gasteiger partial charge in [-0.1, -0.05) is 11.6 Å². The average Bonchev–Trinajstić information content (AvgIpc) is 3.08. The molecule has 8 nitrogen and oxygen atoms in total. The third-order valence-corrected chi connectivity index (χ3v) is 5.45. The topological polar surface area (TPSA) is 124 Å². The second-order valence-electron chi connectivity index (χ2n) is 6.93. The number of nitrogens with two attached hydrogens (primary N) is 1. The molecule has 4 N–H and O–H groups in total. The molecule has 0 saturated carbocycles. The number of ether oxygens (including phenoxy) is 1. The zero-order valence-corrected chi connectivity index (χ0v) is 18.5. The van der Waals surface area contributed by atoms with Gasteiger partial charge in [-0.15, -0.1) is 0 Å². The van der Waals surface area contributed by atoms with Gasteiger partial charge in [0.1, 0.15) is 5.75 Å². The molecule has 0 aliphatic rings. The van der Waals surface area contributed by atoms with Gasteiger partial charge < -0.3 is 14.4 Å². The molecule has 31 heavy (non-hydrogen) atoms. The van der Waals surface area contributed by atoms with Gasteiger partial charge in [0.2, 0.25) is 0 Å². The van der Waals surface area contributed by atoms with E-state index in [9.17, 15) is 13.2 Å². The first-order valence-corrected chi connectivity index (χ1v) is 11.2. The number of benzene rings is 2. The highest BCUT2D eigenvalue weighted by atomic mass is 35.5. The van der Waals surface area contributed by atoms with Crippen molar-refractivity contribution in [1.82, 2.24) is 4.57 Å². The van der Waals surface area contributed by atoms with Crippen molar-refractivity contribution in [2.24, 2.45) is 5.14 Å². The molecule has 0 saturated heterocycles. The summed E-state index contributed by atoms with van der Waals surface area (Å²) in [5, 5.41) is 14.7. The van der Waals surface area contributed by atoms with E-state index in [1.807, 2.05) is 29.7 Å². The number of aliphatic carboxylic acids is 1. The Hall–Kier alpha value is -3.01. The molecule has 10 heteroatoms. The lowest BCUT2D eigenvalue weighted by Gasteiger charge is -2.18. The van der Waals surface area contributed by atoms with Crippen LogP contribution >= 0.6 is 11.6 Å². The summed E-state index contributed by atoms with van der Waals surface area (Å²) < 4.78 is 32.4. The van der Waals surface area contributed by atoms with Gasteiger partial charge in [0.05, 0.1) is 24.9 Å². The molecule has 2 aromatic carbocycles. The summed E-state index contributed by atoms with van der Waals surface area (Å²) in [7, 11) is -2.35. The van der Waals surface area contributed by atoms with E-state index < -0.39 is 16.2 Å². The second-order valence-corrected chi connectivity index (χ2v) is 8.66. The Bertz CT molecular complexity index is 1240. The summed E-state index contributed by atoms with van der Waals surface area (Å²) in [5.74, 6) is -0.329. The molecule has 3 aromatic rings. The number of carboxylic acids is 1.